The number of carbonyl (C=O) groups excluding carboxylic acids is 3. The molecule has 3 rings (SSSR count). The Labute approximate surface area is 239 Å². The number of β-amino-alcohol motifs (C(OH)–C–C–N with tert-alkyl or cyclic N) is 1. The van der Waals surface area contributed by atoms with E-state index in [1.165, 1.54) is 4.90 Å². The molecule has 3 saturated heterocycles. The maximum absolute atomic E-state index is 14.0. The van der Waals surface area contributed by atoms with Crippen LogP contribution in [0.5, 0.6) is 0 Å². The highest BCUT2D eigenvalue weighted by Crippen LogP contribution is 2.29. The number of amides is 3. The van der Waals surface area contributed by atoms with E-state index in [4.69, 9.17) is 0 Å². The highest BCUT2D eigenvalue weighted by atomic mass is 16.4. The molecular weight excluding hydrogens is 514 g/mol. The third-order valence-corrected chi connectivity index (χ3v) is 9.10. The summed E-state index contributed by atoms with van der Waals surface area (Å²) in [5.74, 6) is -1.51. The number of likely N-dealkylation sites (tertiary alicyclic amines) is 2. The zero-order valence-electron chi connectivity index (χ0n) is 25.4. The molecule has 0 spiro atoms. The molecule has 11 heteroatoms. The van der Waals surface area contributed by atoms with Crippen molar-refractivity contribution in [1.82, 2.24) is 25.3 Å². The summed E-state index contributed by atoms with van der Waals surface area (Å²) in [4.78, 5) is 57.6. The summed E-state index contributed by atoms with van der Waals surface area (Å²) in [7, 11) is 1.77. The van der Waals surface area contributed by atoms with Gasteiger partial charge in [0.2, 0.25) is 17.7 Å². The van der Waals surface area contributed by atoms with E-state index >= 15 is 0 Å². The minimum atomic E-state index is -1.10. The summed E-state index contributed by atoms with van der Waals surface area (Å²) in [5.41, 5.74) is -0.511. The molecule has 3 unspecified atom stereocenters. The van der Waals surface area contributed by atoms with Gasteiger partial charge in [-0.15, -0.1) is 0 Å². The number of likely N-dealkylation sites (N-methyl/N-ethyl adjacent to an activating group) is 1. The minimum absolute atomic E-state index is 0.0221. The number of carboxylic acid groups (broad SMARTS) is 1. The number of aliphatic hydroxyl groups is 1. The van der Waals surface area contributed by atoms with Gasteiger partial charge in [-0.3, -0.25) is 19.3 Å². The van der Waals surface area contributed by atoms with Gasteiger partial charge < -0.3 is 30.6 Å². The number of carbonyl (C=O) groups is 4. The lowest BCUT2D eigenvalue weighted by Gasteiger charge is -2.41. The first kappa shape index (κ1) is 32.3. The topological polar surface area (TPSA) is 143 Å². The van der Waals surface area contributed by atoms with Crippen LogP contribution in [0.15, 0.2) is 0 Å². The van der Waals surface area contributed by atoms with Gasteiger partial charge in [0.05, 0.1) is 18.1 Å². The van der Waals surface area contributed by atoms with Crippen LogP contribution in [-0.4, -0.2) is 119 Å². The fourth-order valence-electron chi connectivity index (χ4n) is 6.43. The van der Waals surface area contributed by atoms with Crippen LogP contribution in [0.1, 0.15) is 67.2 Å². The lowest BCUT2D eigenvalue weighted by atomic mass is 9.83. The Morgan fingerprint density at radius 3 is 2.38 bits per heavy atom. The van der Waals surface area contributed by atoms with Gasteiger partial charge in [-0.25, -0.2) is 4.79 Å². The van der Waals surface area contributed by atoms with Crippen LogP contribution in [-0.2, 0) is 19.2 Å². The molecule has 0 aliphatic carbocycles. The zero-order chi connectivity index (χ0) is 29.9. The van der Waals surface area contributed by atoms with Crippen molar-refractivity contribution in [2.45, 2.75) is 97.5 Å². The van der Waals surface area contributed by atoms with Crippen LogP contribution in [0.2, 0.25) is 0 Å². The van der Waals surface area contributed by atoms with Gasteiger partial charge in [-0.05, 0) is 49.6 Å². The molecule has 3 aliphatic heterocycles. The fraction of sp³-hybridized carbons (Fsp3) is 0.862. The number of aliphatic carboxylic acids is 1. The zero-order valence-corrected chi connectivity index (χ0v) is 25.4. The van der Waals surface area contributed by atoms with Crippen LogP contribution >= 0.6 is 0 Å². The van der Waals surface area contributed by atoms with Crippen molar-refractivity contribution in [2.24, 2.45) is 23.2 Å². The fourth-order valence-corrected chi connectivity index (χ4v) is 6.43. The van der Waals surface area contributed by atoms with Gasteiger partial charge in [-0.2, -0.15) is 0 Å². The predicted octanol–water partition coefficient (Wildman–Crippen LogP) is 0.757. The van der Waals surface area contributed by atoms with Crippen molar-refractivity contribution < 1.29 is 29.4 Å². The SMILES string of the molecule is CC1CCNCC1C(=O)N[C@H](C(=O)N(C)[C@H](CN1CCC[C@H]1C(=O)N1CC(O)C[C@H]1C(=O)O)C(C)C)C(C)(C)C. The monoisotopic (exact) mass is 565 g/mol. The molecule has 3 heterocycles. The Bertz CT molecular complexity index is 936. The van der Waals surface area contributed by atoms with Crippen LogP contribution in [0.4, 0.5) is 0 Å². The molecule has 40 heavy (non-hydrogen) atoms. The molecule has 0 aromatic carbocycles. The molecule has 0 radical (unpaired) electrons. The number of rotatable bonds is 9. The van der Waals surface area contributed by atoms with Crippen molar-refractivity contribution in [3.63, 3.8) is 0 Å². The quantitative estimate of drug-likeness (QED) is 0.321. The molecule has 0 bridgehead atoms. The second-order valence-corrected chi connectivity index (χ2v) is 13.5. The van der Waals surface area contributed by atoms with Crippen molar-refractivity contribution in [2.75, 3.05) is 39.8 Å². The highest BCUT2D eigenvalue weighted by molar-refractivity contribution is 5.90. The van der Waals surface area contributed by atoms with Crippen molar-refractivity contribution in [3.8, 4) is 0 Å². The summed E-state index contributed by atoms with van der Waals surface area (Å²) < 4.78 is 0. The number of nitrogens with one attached hydrogen (secondary N) is 2. The number of nitrogens with zero attached hydrogens (tertiary/aromatic N) is 3. The number of hydrogen-bond acceptors (Lipinski definition) is 7. The lowest BCUT2D eigenvalue weighted by Crippen LogP contribution is -2.60. The molecule has 228 valence electrons. The molecule has 11 nitrogen and oxygen atoms in total. The van der Waals surface area contributed by atoms with E-state index in [2.05, 4.69) is 22.5 Å². The molecule has 7 atom stereocenters. The average molecular weight is 566 g/mol. The normalized spacial score (nSPS) is 29.3. The first-order valence-corrected chi connectivity index (χ1v) is 14.9. The number of carboxylic acids is 1. The Morgan fingerprint density at radius 1 is 1.12 bits per heavy atom. The average Bonchev–Trinajstić information content (AvgIpc) is 3.50. The van der Waals surface area contributed by atoms with Gasteiger partial charge in [0.1, 0.15) is 12.1 Å². The van der Waals surface area contributed by atoms with Crippen LogP contribution < -0.4 is 10.6 Å². The first-order valence-electron chi connectivity index (χ1n) is 14.9. The van der Waals surface area contributed by atoms with Gasteiger partial charge in [0.15, 0.2) is 0 Å². The summed E-state index contributed by atoms with van der Waals surface area (Å²) in [6.07, 6.45) is 1.51. The molecule has 3 amide bonds. The van der Waals surface area contributed by atoms with Crippen molar-refractivity contribution in [1.29, 1.82) is 0 Å². The van der Waals surface area contributed by atoms with E-state index in [1.807, 2.05) is 34.6 Å². The van der Waals surface area contributed by atoms with Gasteiger partial charge in [-0.1, -0.05) is 41.5 Å². The Hall–Kier alpha value is -2.24. The predicted molar refractivity (Wildman–Crippen MR) is 151 cm³/mol. The smallest absolute Gasteiger partial charge is 0.326 e. The third-order valence-electron chi connectivity index (χ3n) is 9.10. The summed E-state index contributed by atoms with van der Waals surface area (Å²) in [5, 5.41) is 26.0. The molecule has 0 saturated carbocycles. The second kappa shape index (κ2) is 13.2. The lowest BCUT2D eigenvalue weighted by molar-refractivity contribution is -0.150. The Morgan fingerprint density at radius 2 is 1.80 bits per heavy atom. The van der Waals surface area contributed by atoms with Gasteiger partial charge in [0, 0.05) is 39.1 Å². The van der Waals surface area contributed by atoms with Crippen LogP contribution in [0.25, 0.3) is 0 Å². The minimum Gasteiger partial charge on any atom is -0.480 e. The van der Waals surface area contributed by atoms with Crippen molar-refractivity contribution >= 4 is 23.7 Å². The van der Waals surface area contributed by atoms with E-state index in [-0.39, 0.29) is 54.5 Å². The summed E-state index contributed by atoms with van der Waals surface area (Å²) in [6, 6.07) is -2.44. The van der Waals surface area contributed by atoms with E-state index in [0.717, 1.165) is 19.4 Å². The molecule has 0 aromatic heterocycles. The Kier molecular flexibility index (Phi) is 10.6. The number of piperidine rings is 1. The van der Waals surface area contributed by atoms with Crippen molar-refractivity contribution in [3.05, 3.63) is 0 Å². The van der Waals surface area contributed by atoms with E-state index in [0.29, 0.717) is 26.1 Å². The van der Waals surface area contributed by atoms with Crippen LogP contribution in [0, 0.1) is 23.2 Å². The number of hydrogen-bond donors (Lipinski definition) is 4. The summed E-state index contributed by atoms with van der Waals surface area (Å²) in [6.45, 7) is 14.7. The highest BCUT2D eigenvalue weighted by Gasteiger charge is 2.45. The van der Waals surface area contributed by atoms with Gasteiger partial charge >= 0.3 is 5.97 Å². The van der Waals surface area contributed by atoms with E-state index in [9.17, 15) is 29.4 Å². The first-order chi connectivity index (χ1) is 18.6. The molecule has 3 aliphatic rings. The van der Waals surface area contributed by atoms with E-state index < -0.39 is 35.6 Å². The van der Waals surface area contributed by atoms with Gasteiger partial charge in [0.25, 0.3) is 0 Å². The number of aliphatic hydroxyl groups excluding tert-OH is 1. The van der Waals surface area contributed by atoms with E-state index in [1.54, 1.807) is 11.9 Å². The molecule has 0 aromatic rings. The summed E-state index contributed by atoms with van der Waals surface area (Å²) >= 11 is 0. The third kappa shape index (κ3) is 7.33. The molecule has 3 fully saturated rings. The molecular formula is C29H51N5O6. The van der Waals surface area contributed by atoms with Crippen LogP contribution in [0.3, 0.4) is 0 Å². The largest absolute Gasteiger partial charge is 0.480 e. The Balaban J connectivity index is 1.75. The maximum Gasteiger partial charge on any atom is 0.326 e. The standard InChI is InChI=1S/C29H51N5O6/c1-17(2)23(16-33-12-8-9-21(33)26(37)34-15-19(35)13-22(34)28(39)40)32(7)27(38)24(29(4,5)6)31-25(36)20-14-30-11-10-18(20)3/h17-24,30,35H,8-16H2,1-7H3,(H,31,36)(H,39,40)/t18?,19?,20?,21-,22-,23+,24+/m0/s1. The maximum atomic E-state index is 14.0. The molecule has 4 N–H and O–H groups in total. The second-order valence-electron chi connectivity index (χ2n) is 13.5.